The maximum atomic E-state index is 12.9. The molecule has 1 aliphatic heterocycles. The van der Waals surface area contributed by atoms with Gasteiger partial charge in [-0.2, -0.15) is 0 Å². The highest BCUT2D eigenvalue weighted by Gasteiger charge is 2.46. The summed E-state index contributed by atoms with van der Waals surface area (Å²) >= 11 is 0. The first-order valence-corrected chi connectivity index (χ1v) is 7.67. The topological polar surface area (TPSA) is 58.6 Å². The predicted octanol–water partition coefficient (Wildman–Crippen LogP) is 2.81. The lowest BCUT2D eigenvalue weighted by Crippen LogP contribution is -2.61. The minimum absolute atomic E-state index is 0.105. The molecule has 1 aliphatic rings. The summed E-state index contributed by atoms with van der Waals surface area (Å²) in [6.07, 6.45) is 0. The van der Waals surface area contributed by atoms with Gasteiger partial charge in [0.2, 0.25) is 0 Å². The number of anilines is 2. The number of fused-ring (bicyclic) bond motifs is 1. The number of ether oxygens (including phenoxy) is 1. The number of benzene rings is 1. The van der Waals surface area contributed by atoms with Gasteiger partial charge in [-0.15, -0.1) is 0 Å². The Bertz CT molecular complexity index is 581. The zero-order chi connectivity index (χ0) is 16.5. The summed E-state index contributed by atoms with van der Waals surface area (Å²) in [5.74, 6) is -0.393. The van der Waals surface area contributed by atoms with Crippen molar-refractivity contribution < 1.29 is 14.3 Å². The quantitative estimate of drug-likeness (QED) is 0.869. The molecule has 0 saturated carbocycles. The molecule has 22 heavy (non-hydrogen) atoms. The van der Waals surface area contributed by atoms with Crippen LogP contribution in [0.2, 0.25) is 0 Å². The zero-order valence-electron chi connectivity index (χ0n) is 13.8. The van der Waals surface area contributed by atoms with Crippen LogP contribution in [0.3, 0.4) is 0 Å². The number of para-hydroxylation sites is 2. The third kappa shape index (κ3) is 2.67. The molecule has 1 N–H and O–H groups in total. The van der Waals surface area contributed by atoms with Crippen molar-refractivity contribution in [3.63, 3.8) is 0 Å². The lowest BCUT2D eigenvalue weighted by molar-refractivity contribution is -0.150. The second-order valence-corrected chi connectivity index (χ2v) is 6.34. The molecule has 1 unspecified atom stereocenters. The minimum Gasteiger partial charge on any atom is -0.464 e. The highest BCUT2D eigenvalue weighted by atomic mass is 16.5. The van der Waals surface area contributed by atoms with Crippen LogP contribution in [0.4, 0.5) is 11.4 Å². The van der Waals surface area contributed by atoms with Crippen molar-refractivity contribution in [1.82, 2.24) is 0 Å². The lowest BCUT2D eigenvalue weighted by atomic mass is 9.93. The number of hydrogen-bond donors (Lipinski definition) is 1. The van der Waals surface area contributed by atoms with E-state index in [2.05, 4.69) is 5.32 Å². The number of nitrogens with zero attached hydrogens (tertiary/aromatic N) is 1. The van der Waals surface area contributed by atoms with Gasteiger partial charge >= 0.3 is 5.97 Å². The molecule has 120 valence electrons. The van der Waals surface area contributed by atoms with E-state index in [0.717, 1.165) is 5.69 Å². The van der Waals surface area contributed by atoms with Crippen molar-refractivity contribution in [1.29, 1.82) is 0 Å². The van der Waals surface area contributed by atoms with Crippen molar-refractivity contribution in [2.75, 3.05) is 16.8 Å². The summed E-state index contributed by atoms with van der Waals surface area (Å²) in [6.45, 7) is 9.47. The largest absolute Gasteiger partial charge is 0.464 e. The Labute approximate surface area is 131 Å². The fourth-order valence-corrected chi connectivity index (χ4v) is 2.71. The van der Waals surface area contributed by atoms with Gasteiger partial charge in [0.1, 0.15) is 11.6 Å². The maximum Gasteiger partial charge on any atom is 0.331 e. The van der Waals surface area contributed by atoms with Crippen LogP contribution in [0, 0.1) is 5.92 Å². The van der Waals surface area contributed by atoms with E-state index >= 15 is 0 Å². The van der Waals surface area contributed by atoms with Gasteiger partial charge in [0, 0.05) is 0 Å². The summed E-state index contributed by atoms with van der Waals surface area (Å²) in [4.78, 5) is 26.9. The van der Waals surface area contributed by atoms with Crippen LogP contribution < -0.4 is 10.2 Å². The summed E-state index contributed by atoms with van der Waals surface area (Å²) in [5, 5.41) is 3.28. The number of nitrogens with one attached hydrogen (secondary N) is 1. The first-order valence-electron chi connectivity index (χ1n) is 7.67. The Morgan fingerprint density at radius 3 is 2.59 bits per heavy atom. The highest BCUT2D eigenvalue weighted by molar-refractivity contribution is 6.09. The minimum atomic E-state index is -1.06. The second kappa shape index (κ2) is 5.99. The lowest BCUT2D eigenvalue weighted by Gasteiger charge is -2.43. The van der Waals surface area contributed by atoms with Gasteiger partial charge in [-0.3, -0.25) is 9.69 Å². The first-order chi connectivity index (χ1) is 10.3. The normalized spacial score (nSPS) is 18.0. The molecule has 0 aromatic heterocycles. The number of amides is 1. The third-order valence-electron chi connectivity index (χ3n) is 3.94. The SMILES string of the molecule is CCOC(=O)C(C)(C)N1C(=O)C(C(C)C)Nc2ccccc21. The molecule has 0 radical (unpaired) electrons. The number of rotatable bonds is 4. The van der Waals surface area contributed by atoms with Crippen LogP contribution in [0.15, 0.2) is 24.3 Å². The Morgan fingerprint density at radius 2 is 2.00 bits per heavy atom. The fraction of sp³-hybridized carbons (Fsp3) is 0.529. The van der Waals surface area contributed by atoms with E-state index in [-0.39, 0.29) is 24.5 Å². The van der Waals surface area contributed by atoms with E-state index in [1.807, 2.05) is 38.1 Å². The molecule has 5 heteroatoms. The maximum absolute atomic E-state index is 12.9. The van der Waals surface area contributed by atoms with Gasteiger partial charge in [0.15, 0.2) is 0 Å². The molecule has 1 amide bonds. The third-order valence-corrected chi connectivity index (χ3v) is 3.94. The van der Waals surface area contributed by atoms with Crippen LogP contribution >= 0.6 is 0 Å². The van der Waals surface area contributed by atoms with Gasteiger partial charge in [0.05, 0.1) is 18.0 Å². The van der Waals surface area contributed by atoms with E-state index in [1.54, 1.807) is 25.7 Å². The van der Waals surface area contributed by atoms with Gasteiger partial charge in [-0.25, -0.2) is 4.79 Å². The molecular weight excluding hydrogens is 280 g/mol. The number of esters is 1. The fourth-order valence-electron chi connectivity index (χ4n) is 2.71. The Morgan fingerprint density at radius 1 is 1.36 bits per heavy atom. The van der Waals surface area contributed by atoms with E-state index < -0.39 is 11.5 Å². The Kier molecular flexibility index (Phi) is 4.44. The van der Waals surface area contributed by atoms with E-state index in [4.69, 9.17) is 4.74 Å². The Hall–Kier alpha value is -2.04. The molecule has 2 rings (SSSR count). The number of carbonyl (C=O) groups excluding carboxylic acids is 2. The van der Waals surface area contributed by atoms with E-state index in [0.29, 0.717) is 5.69 Å². The number of carbonyl (C=O) groups is 2. The Balaban J connectivity index is 2.52. The molecule has 1 aromatic carbocycles. The smallest absolute Gasteiger partial charge is 0.331 e. The van der Waals surface area contributed by atoms with E-state index in [9.17, 15) is 9.59 Å². The van der Waals surface area contributed by atoms with Crippen LogP contribution in [0.1, 0.15) is 34.6 Å². The van der Waals surface area contributed by atoms with Crippen molar-refractivity contribution in [3.8, 4) is 0 Å². The zero-order valence-corrected chi connectivity index (χ0v) is 13.8. The van der Waals surface area contributed by atoms with Crippen LogP contribution in [-0.4, -0.2) is 30.1 Å². The predicted molar refractivity (Wildman–Crippen MR) is 86.9 cm³/mol. The average Bonchev–Trinajstić information content (AvgIpc) is 2.46. The van der Waals surface area contributed by atoms with Crippen LogP contribution in [-0.2, 0) is 14.3 Å². The average molecular weight is 304 g/mol. The molecule has 0 aliphatic carbocycles. The van der Waals surface area contributed by atoms with Crippen LogP contribution in [0.5, 0.6) is 0 Å². The monoisotopic (exact) mass is 304 g/mol. The number of hydrogen-bond acceptors (Lipinski definition) is 4. The van der Waals surface area contributed by atoms with E-state index in [1.165, 1.54) is 0 Å². The van der Waals surface area contributed by atoms with Crippen LogP contribution in [0.25, 0.3) is 0 Å². The second-order valence-electron chi connectivity index (χ2n) is 6.34. The molecule has 0 spiro atoms. The molecular formula is C17H24N2O3. The molecule has 1 heterocycles. The van der Waals surface area contributed by atoms with Gasteiger partial charge in [-0.05, 0) is 38.8 Å². The highest BCUT2D eigenvalue weighted by Crippen LogP contribution is 2.37. The van der Waals surface area contributed by atoms with Crippen molar-refractivity contribution in [2.45, 2.75) is 46.2 Å². The van der Waals surface area contributed by atoms with Crippen molar-refractivity contribution >= 4 is 23.3 Å². The molecule has 5 nitrogen and oxygen atoms in total. The summed E-state index contributed by atoms with van der Waals surface area (Å²) in [7, 11) is 0. The molecule has 0 saturated heterocycles. The van der Waals surface area contributed by atoms with Gasteiger partial charge in [0.25, 0.3) is 5.91 Å². The van der Waals surface area contributed by atoms with Crippen molar-refractivity contribution in [3.05, 3.63) is 24.3 Å². The molecule has 1 atom stereocenters. The molecule has 0 bridgehead atoms. The van der Waals surface area contributed by atoms with Gasteiger partial charge in [-0.1, -0.05) is 26.0 Å². The first kappa shape index (κ1) is 16.3. The summed E-state index contributed by atoms with van der Waals surface area (Å²) in [6, 6.07) is 7.18. The standard InChI is InChI=1S/C17H24N2O3/c1-6-22-16(21)17(4,5)19-13-10-8-7-9-12(13)18-14(11(2)3)15(19)20/h7-11,14,18H,6H2,1-5H3. The summed E-state index contributed by atoms with van der Waals surface area (Å²) in [5.41, 5.74) is 0.513. The molecule has 1 aromatic rings. The van der Waals surface area contributed by atoms with Gasteiger partial charge < -0.3 is 10.1 Å². The summed E-state index contributed by atoms with van der Waals surface area (Å²) < 4.78 is 5.17. The molecule has 0 fully saturated rings. The van der Waals surface area contributed by atoms with Crippen molar-refractivity contribution in [2.24, 2.45) is 5.92 Å².